The molecule has 1 heterocycles. The lowest BCUT2D eigenvalue weighted by Crippen LogP contribution is -2.43. The van der Waals surface area contributed by atoms with Crippen LogP contribution in [0.4, 0.5) is 0 Å². The highest BCUT2D eigenvalue weighted by atomic mass is 35.5. The van der Waals surface area contributed by atoms with Crippen molar-refractivity contribution in [2.45, 2.75) is 24.3 Å². The predicted molar refractivity (Wildman–Crippen MR) is 64.5 cm³/mol. The van der Waals surface area contributed by atoms with Crippen LogP contribution in [-0.4, -0.2) is 22.5 Å². The fourth-order valence-corrected chi connectivity index (χ4v) is 1.81. The van der Waals surface area contributed by atoms with Gasteiger partial charge in [-0.15, -0.1) is 11.6 Å². The molecule has 0 aliphatic rings. The molecular weight excluding hydrogens is 254 g/mol. The number of aromatic nitrogens is 1. The normalized spacial score (nSPS) is 14.9. The minimum Gasteiger partial charge on any atom is -0.463 e. The van der Waals surface area contributed by atoms with Gasteiger partial charge in [-0.1, -0.05) is 0 Å². The molecule has 5 nitrogen and oxygen atoms in total. The van der Waals surface area contributed by atoms with Crippen LogP contribution in [-0.2, 0) is 15.1 Å². The molecule has 0 N–H and O–H groups in total. The molecule has 1 rings (SSSR count). The summed E-state index contributed by atoms with van der Waals surface area (Å²) >= 11 is 5.76. The molecule has 0 fully saturated rings. The Morgan fingerprint density at radius 1 is 1.50 bits per heavy atom. The van der Waals surface area contributed by atoms with Crippen molar-refractivity contribution < 1.29 is 9.53 Å². The molecule has 0 amide bonds. The Balaban J connectivity index is 3.19. The van der Waals surface area contributed by atoms with E-state index in [-0.39, 0.29) is 13.0 Å². The zero-order valence-electron chi connectivity index (χ0n) is 9.84. The summed E-state index contributed by atoms with van der Waals surface area (Å²) in [4.78, 5) is 12.0. The molecule has 1 aromatic rings. The molecule has 0 aliphatic carbocycles. The van der Waals surface area contributed by atoms with Crippen LogP contribution in [0.15, 0.2) is 24.5 Å². The first-order chi connectivity index (χ1) is 8.60. The highest BCUT2D eigenvalue weighted by molar-refractivity contribution is 6.22. The number of ether oxygens (including phenoxy) is 1. The lowest BCUT2D eigenvalue weighted by molar-refractivity contribution is -0.151. The van der Waals surface area contributed by atoms with Crippen molar-refractivity contribution in [3.8, 4) is 12.1 Å². The van der Waals surface area contributed by atoms with Crippen LogP contribution in [0.5, 0.6) is 0 Å². The van der Waals surface area contributed by atoms with Gasteiger partial charge >= 0.3 is 5.97 Å². The molecule has 0 radical (unpaired) electrons. The fourth-order valence-electron chi connectivity index (χ4n) is 1.59. The van der Waals surface area contributed by atoms with Crippen molar-refractivity contribution in [1.82, 2.24) is 4.57 Å². The smallest absolute Gasteiger partial charge is 0.347 e. The SMILES string of the molecule is CCOC(=O)C(C#N)(CC(Cl)C#N)n1cccc1. The van der Waals surface area contributed by atoms with Crippen molar-refractivity contribution in [2.75, 3.05) is 6.61 Å². The second-order valence-corrected chi connectivity index (χ2v) is 4.11. The predicted octanol–water partition coefficient (Wildman–Crippen LogP) is 1.79. The largest absolute Gasteiger partial charge is 0.463 e. The Bertz CT molecular complexity index is 486. The first-order valence-corrected chi connectivity index (χ1v) is 5.80. The van der Waals surface area contributed by atoms with E-state index >= 15 is 0 Å². The molecular formula is C12H12ClN3O2. The van der Waals surface area contributed by atoms with Gasteiger partial charge < -0.3 is 9.30 Å². The van der Waals surface area contributed by atoms with E-state index in [9.17, 15) is 10.1 Å². The third-order valence-corrected chi connectivity index (χ3v) is 2.71. The number of alkyl halides is 1. The molecule has 0 aromatic carbocycles. The van der Waals surface area contributed by atoms with E-state index in [4.69, 9.17) is 21.6 Å². The van der Waals surface area contributed by atoms with Gasteiger partial charge in [0, 0.05) is 18.8 Å². The number of hydrogen-bond donors (Lipinski definition) is 0. The highest BCUT2D eigenvalue weighted by Gasteiger charge is 2.43. The lowest BCUT2D eigenvalue weighted by atomic mass is 9.94. The van der Waals surface area contributed by atoms with E-state index in [0.29, 0.717) is 0 Å². The van der Waals surface area contributed by atoms with E-state index in [1.54, 1.807) is 37.5 Å². The lowest BCUT2D eigenvalue weighted by Gasteiger charge is -2.26. The molecule has 1 aromatic heterocycles. The summed E-state index contributed by atoms with van der Waals surface area (Å²) in [5.74, 6) is -0.704. The number of halogens is 1. The maximum absolute atomic E-state index is 12.0. The zero-order chi connectivity index (χ0) is 13.6. The van der Waals surface area contributed by atoms with Crippen molar-refractivity contribution in [3.05, 3.63) is 24.5 Å². The second-order valence-electron chi connectivity index (χ2n) is 3.58. The fraction of sp³-hybridized carbons (Fsp3) is 0.417. The Kier molecular flexibility index (Phi) is 4.76. The number of nitrogens with zero attached hydrogens (tertiary/aromatic N) is 3. The average molecular weight is 266 g/mol. The van der Waals surface area contributed by atoms with Crippen molar-refractivity contribution in [1.29, 1.82) is 10.5 Å². The number of hydrogen-bond acceptors (Lipinski definition) is 4. The Labute approximate surface area is 110 Å². The number of carbonyl (C=O) groups excluding carboxylic acids is 1. The summed E-state index contributed by atoms with van der Waals surface area (Å²) in [6, 6.07) is 7.09. The molecule has 2 unspecified atom stereocenters. The van der Waals surface area contributed by atoms with Crippen molar-refractivity contribution in [3.63, 3.8) is 0 Å². The van der Waals surface area contributed by atoms with Gasteiger partial charge in [0.2, 0.25) is 5.54 Å². The van der Waals surface area contributed by atoms with Gasteiger partial charge in [0.1, 0.15) is 11.4 Å². The standard InChI is InChI=1S/C12H12ClN3O2/c1-2-18-11(17)12(9-15,7-10(13)8-14)16-5-3-4-6-16/h3-6,10H,2,7H2,1H3. The maximum Gasteiger partial charge on any atom is 0.347 e. The Hall–Kier alpha value is -1.98. The molecule has 0 saturated heterocycles. The third kappa shape index (κ3) is 2.64. The van der Waals surface area contributed by atoms with Crippen molar-refractivity contribution >= 4 is 17.6 Å². The van der Waals surface area contributed by atoms with E-state index in [2.05, 4.69) is 0 Å². The summed E-state index contributed by atoms with van der Waals surface area (Å²) in [7, 11) is 0. The van der Waals surface area contributed by atoms with Crippen LogP contribution in [0, 0.1) is 22.7 Å². The van der Waals surface area contributed by atoms with E-state index in [0.717, 1.165) is 0 Å². The molecule has 0 saturated carbocycles. The topological polar surface area (TPSA) is 78.8 Å². The molecule has 0 spiro atoms. The number of esters is 1. The highest BCUT2D eigenvalue weighted by Crippen LogP contribution is 2.26. The maximum atomic E-state index is 12.0. The van der Waals surface area contributed by atoms with Crippen LogP contribution >= 0.6 is 11.6 Å². The van der Waals surface area contributed by atoms with Gasteiger partial charge in [0.15, 0.2) is 0 Å². The Morgan fingerprint density at radius 2 is 2.11 bits per heavy atom. The van der Waals surface area contributed by atoms with Crippen molar-refractivity contribution in [2.24, 2.45) is 0 Å². The third-order valence-electron chi connectivity index (χ3n) is 2.46. The number of nitriles is 2. The molecule has 2 atom stereocenters. The van der Waals surface area contributed by atoms with Gasteiger partial charge in [-0.2, -0.15) is 10.5 Å². The van der Waals surface area contributed by atoms with Crippen LogP contribution in [0.25, 0.3) is 0 Å². The molecule has 0 aliphatic heterocycles. The van der Waals surface area contributed by atoms with Crippen LogP contribution in [0.3, 0.4) is 0 Å². The van der Waals surface area contributed by atoms with Gasteiger partial charge in [-0.25, -0.2) is 4.79 Å². The average Bonchev–Trinajstić information content (AvgIpc) is 2.90. The summed E-state index contributed by atoms with van der Waals surface area (Å²) in [6.07, 6.45) is 3.01. The summed E-state index contributed by atoms with van der Waals surface area (Å²) in [5.41, 5.74) is -1.60. The van der Waals surface area contributed by atoms with E-state index in [1.165, 1.54) is 4.57 Å². The van der Waals surface area contributed by atoms with Gasteiger partial charge in [-0.3, -0.25) is 0 Å². The summed E-state index contributed by atoms with van der Waals surface area (Å²) < 4.78 is 6.33. The number of rotatable bonds is 5. The van der Waals surface area contributed by atoms with Crippen LogP contribution in [0.1, 0.15) is 13.3 Å². The summed E-state index contributed by atoms with van der Waals surface area (Å²) in [6.45, 7) is 1.81. The monoisotopic (exact) mass is 265 g/mol. The zero-order valence-corrected chi connectivity index (χ0v) is 10.6. The molecule has 18 heavy (non-hydrogen) atoms. The summed E-state index contributed by atoms with van der Waals surface area (Å²) in [5, 5.41) is 17.2. The number of carbonyl (C=O) groups is 1. The first-order valence-electron chi connectivity index (χ1n) is 5.36. The van der Waals surface area contributed by atoms with Crippen LogP contribution in [0.2, 0.25) is 0 Å². The molecule has 6 heteroatoms. The quantitative estimate of drug-likeness (QED) is 0.601. The minimum absolute atomic E-state index is 0.130. The van der Waals surface area contributed by atoms with Gasteiger partial charge in [0.25, 0.3) is 0 Å². The van der Waals surface area contributed by atoms with Gasteiger partial charge in [0.05, 0.1) is 12.7 Å². The van der Waals surface area contributed by atoms with Crippen LogP contribution < -0.4 is 0 Å². The second kappa shape index (κ2) is 6.09. The van der Waals surface area contributed by atoms with E-state index < -0.39 is 16.9 Å². The molecule has 0 bridgehead atoms. The molecule has 94 valence electrons. The van der Waals surface area contributed by atoms with E-state index in [1.807, 2.05) is 6.07 Å². The Morgan fingerprint density at radius 3 is 2.56 bits per heavy atom. The first kappa shape index (κ1) is 14.1. The van der Waals surface area contributed by atoms with Gasteiger partial charge in [-0.05, 0) is 19.1 Å². The minimum atomic E-state index is -1.60.